The van der Waals surface area contributed by atoms with E-state index in [4.69, 9.17) is 29.2 Å². The van der Waals surface area contributed by atoms with Crippen molar-refractivity contribution >= 4 is 52.2 Å². The number of carbonyl (C=O) groups is 1. The molecule has 0 spiro atoms. The fourth-order valence-corrected chi connectivity index (χ4v) is 6.71. The number of nitrogen functional groups attached to an aromatic ring is 1. The Labute approximate surface area is 262 Å². The summed E-state index contributed by atoms with van der Waals surface area (Å²) in [7, 11) is -4.15. The predicted molar refractivity (Wildman–Crippen MR) is 176 cm³/mol. The molecule has 3 N–H and O–H groups in total. The summed E-state index contributed by atoms with van der Waals surface area (Å²) in [4.78, 5) is 22.1. The number of fused-ring (bicyclic) bond motifs is 4. The lowest BCUT2D eigenvalue weighted by Gasteiger charge is -2.26. The number of anilines is 1. The number of nitrogens with zero attached hydrogens (tertiary/aromatic N) is 3. The number of ether oxygens (including phenoxy) is 2. The molecule has 11 nitrogen and oxygen atoms in total. The van der Waals surface area contributed by atoms with Crippen molar-refractivity contribution in [3.05, 3.63) is 72.6 Å². The smallest absolute Gasteiger partial charge is 0.459 e. The molecule has 1 unspecified atom stereocenters. The number of rotatable bonds is 14. The number of nitrogens with two attached hydrogens (primary N) is 1. The Morgan fingerprint density at radius 3 is 2.47 bits per heavy atom. The molecule has 12 heteroatoms. The minimum absolute atomic E-state index is 0.0402. The van der Waals surface area contributed by atoms with Gasteiger partial charge in [-0.05, 0) is 63.1 Å². The van der Waals surface area contributed by atoms with Crippen LogP contribution in [0.3, 0.4) is 0 Å². The molecule has 45 heavy (non-hydrogen) atoms. The van der Waals surface area contributed by atoms with Crippen LogP contribution in [-0.4, -0.2) is 45.9 Å². The maximum absolute atomic E-state index is 14.5. The van der Waals surface area contributed by atoms with Crippen LogP contribution in [0.15, 0.2) is 66.7 Å². The molecule has 3 atom stereocenters. The van der Waals surface area contributed by atoms with Gasteiger partial charge in [0, 0.05) is 12.0 Å². The van der Waals surface area contributed by atoms with Crippen LogP contribution >= 0.6 is 7.75 Å². The van der Waals surface area contributed by atoms with E-state index in [0.29, 0.717) is 35.9 Å². The average molecular weight is 634 g/mol. The van der Waals surface area contributed by atoms with Gasteiger partial charge in [0.25, 0.3) is 0 Å². The number of hydrogen-bond acceptors (Lipinski definition) is 9. The van der Waals surface area contributed by atoms with E-state index in [2.05, 4.69) is 10.1 Å². The molecule has 0 amide bonds. The summed E-state index contributed by atoms with van der Waals surface area (Å²) in [6, 6.07) is 19.5. The van der Waals surface area contributed by atoms with E-state index < -0.39 is 19.8 Å². The molecule has 0 saturated carbocycles. The van der Waals surface area contributed by atoms with E-state index >= 15 is 0 Å². The summed E-state index contributed by atoms with van der Waals surface area (Å²) >= 11 is 0. The number of esters is 1. The molecule has 0 bridgehead atoms. The Hall–Kier alpha value is -4.02. The molecule has 0 saturated heterocycles. The van der Waals surface area contributed by atoms with Gasteiger partial charge in [0.2, 0.25) is 0 Å². The fraction of sp³-hybridized carbons (Fsp3) is 0.364. The molecule has 5 rings (SSSR count). The zero-order valence-electron chi connectivity index (χ0n) is 26.2. The lowest BCUT2D eigenvalue weighted by molar-refractivity contribution is -0.149. The summed E-state index contributed by atoms with van der Waals surface area (Å²) < 4.78 is 39.8. The molecular formula is C33H40N5O6P. The monoisotopic (exact) mass is 633 g/mol. The van der Waals surface area contributed by atoms with Crippen LogP contribution in [0.2, 0.25) is 0 Å². The second-order valence-electron chi connectivity index (χ2n) is 11.0. The van der Waals surface area contributed by atoms with E-state index in [9.17, 15) is 9.36 Å². The van der Waals surface area contributed by atoms with Crippen molar-refractivity contribution in [2.75, 3.05) is 18.9 Å². The molecule has 0 fully saturated rings. The highest BCUT2D eigenvalue weighted by Crippen LogP contribution is 2.47. The largest absolute Gasteiger partial charge is 0.462 e. The number of carbonyl (C=O) groups excluding carboxylic acids is 1. The van der Waals surface area contributed by atoms with Gasteiger partial charge >= 0.3 is 13.7 Å². The van der Waals surface area contributed by atoms with Gasteiger partial charge in [-0.15, -0.1) is 0 Å². The van der Waals surface area contributed by atoms with Gasteiger partial charge in [-0.2, -0.15) is 5.09 Å². The highest BCUT2D eigenvalue weighted by molar-refractivity contribution is 7.52. The second kappa shape index (κ2) is 14.0. The van der Waals surface area contributed by atoms with Crippen molar-refractivity contribution in [3.8, 4) is 5.75 Å². The number of imidazole rings is 1. The Kier molecular flexibility index (Phi) is 10.0. The Morgan fingerprint density at radius 1 is 1.00 bits per heavy atom. The molecule has 5 aromatic rings. The first kappa shape index (κ1) is 32.4. The number of aromatic nitrogens is 3. The third-order valence-corrected chi connectivity index (χ3v) is 8.98. The van der Waals surface area contributed by atoms with Gasteiger partial charge in [0.05, 0.1) is 29.8 Å². The molecule has 3 aromatic carbocycles. The van der Waals surface area contributed by atoms with Gasteiger partial charge in [-0.1, -0.05) is 55.5 Å². The van der Waals surface area contributed by atoms with Crippen LogP contribution in [0.4, 0.5) is 5.82 Å². The summed E-state index contributed by atoms with van der Waals surface area (Å²) in [6.45, 7) is 9.66. The quantitative estimate of drug-likeness (QED) is 0.0976. The molecule has 0 aliphatic heterocycles. The number of pyridine rings is 1. The van der Waals surface area contributed by atoms with Crippen LogP contribution in [-0.2, 0) is 30.0 Å². The third-order valence-electron chi connectivity index (χ3n) is 7.34. The minimum atomic E-state index is -4.15. The molecule has 2 aromatic heterocycles. The zero-order valence-corrected chi connectivity index (χ0v) is 27.1. The summed E-state index contributed by atoms with van der Waals surface area (Å²) in [5, 5.41) is 5.58. The first-order valence-corrected chi connectivity index (χ1v) is 16.7. The van der Waals surface area contributed by atoms with Crippen molar-refractivity contribution in [1.82, 2.24) is 19.6 Å². The van der Waals surface area contributed by atoms with Crippen LogP contribution in [0, 0.1) is 0 Å². The first-order chi connectivity index (χ1) is 21.6. The zero-order chi connectivity index (χ0) is 32.1. The summed E-state index contributed by atoms with van der Waals surface area (Å²) in [5.74, 6) is 0.703. The highest BCUT2D eigenvalue weighted by atomic mass is 31.2. The summed E-state index contributed by atoms with van der Waals surface area (Å²) in [5.41, 5.74) is 8.46. The van der Waals surface area contributed by atoms with Crippen molar-refractivity contribution in [1.29, 1.82) is 0 Å². The maximum atomic E-state index is 14.5. The number of para-hydroxylation sites is 1. The SMILES string of the molecule is CCOCc1nc2c(N)nc3ccccc3c2n1[C@H](CC)COP(=O)(N[C@@H](C)C(=O)OC(C)C)Oc1ccc2ccccc2c1. The van der Waals surface area contributed by atoms with Gasteiger partial charge in [0.15, 0.2) is 5.82 Å². The van der Waals surface area contributed by atoms with Crippen LogP contribution < -0.4 is 15.3 Å². The number of nitrogens with one attached hydrogen (secondary N) is 1. The molecular weight excluding hydrogens is 593 g/mol. The van der Waals surface area contributed by atoms with Crippen molar-refractivity contribution in [2.24, 2.45) is 0 Å². The van der Waals surface area contributed by atoms with E-state index in [-0.39, 0.29) is 25.4 Å². The Balaban J connectivity index is 1.52. The highest BCUT2D eigenvalue weighted by Gasteiger charge is 2.34. The lowest BCUT2D eigenvalue weighted by Crippen LogP contribution is -2.36. The second-order valence-corrected chi connectivity index (χ2v) is 12.7. The third kappa shape index (κ3) is 7.28. The fourth-order valence-electron chi connectivity index (χ4n) is 5.19. The van der Waals surface area contributed by atoms with E-state index in [1.807, 2.05) is 73.0 Å². The molecule has 0 aliphatic rings. The van der Waals surface area contributed by atoms with Gasteiger partial charge < -0.3 is 24.3 Å². The van der Waals surface area contributed by atoms with E-state index in [0.717, 1.165) is 27.2 Å². The predicted octanol–water partition coefficient (Wildman–Crippen LogP) is 6.94. The Bertz CT molecular complexity index is 1860. The van der Waals surface area contributed by atoms with Gasteiger partial charge in [0.1, 0.15) is 29.7 Å². The average Bonchev–Trinajstić information content (AvgIpc) is 3.40. The number of benzene rings is 3. The van der Waals surface area contributed by atoms with E-state index in [1.54, 1.807) is 32.9 Å². The van der Waals surface area contributed by atoms with Crippen LogP contribution in [0.25, 0.3) is 32.7 Å². The van der Waals surface area contributed by atoms with Crippen molar-refractivity contribution in [2.45, 2.75) is 65.8 Å². The number of hydrogen-bond donors (Lipinski definition) is 2. The lowest BCUT2D eigenvalue weighted by atomic mass is 10.1. The first-order valence-electron chi connectivity index (χ1n) is 15.2. The van der Waals surface area contributed by atoms with Crippen LogP contribution in [0.5, 0.6) is 5.75 Å². The van der Waals surface area contributed by atoms with E-state index in [1.165, 1.54) is 0 Å². The molecule has 0 aliphatic carbocycles. The van der Waals surface area contributed by atoms with Crippen LogP contribution in [0.1, 0.15) is 52.9 Å². The Morgan fingerprint density at radius 2 is 1.73 bits per heavy atom. The van der Waals surface area contributed by atoms with Crippen molar-refractivity contribution in [3.63, 3.8) is 0 Å². The molecule has 0 radical (unpaired) electrons. The topological polar surface area (TPSA) is 140 Å². The van der Waals surface area contributed by atoms with Gasteiger partial charge in [-0.25, -0.2) is 14.5 Å². The summed E-state index contributed by atoms with van der Waals surface area (Å²) in [6.07, 6.45) is 0.241. The van der Waals surface area contributed by atoms with Crippen molar-refractivity contribution < 1.29 is 27.9 Å². The maximum Gasteiger partial charge on any atom is 0.459 e. The standard InChI is InChI=1S/C33H40N5O6P/c1-6-25(38-29(20-41-7-2)36-30-31(38)27-14-10-11-15-28(27)35-32(30)34)19-42-45(40,37-22(5)33(39)43-21(3)4)44-26-17-16-23-12-8-9-13-24(23)18-26/h8-18,21-22,25H,6-7,19-20H2,1-5H3,(H2,34,35)(H,37,40)/t22-,25+,45?/m0/s1. The van der Waals surface area contributed by atoms with Gasteiger partial charge in [-0.3, -0.25) is 9.32 Å². The normalized spacial score (nSPS) is 14.5. The minimum Gasteiger partial charge on any atom is -0.462 e. The molecule has 2 heterocycles. The molecule has 238 valence electrons.